The first-order valence-electron chi connectivity index (χ1n) is 21.7. The molecule has 300 valence electrons. The minimum absolute atomic E-state index is 0.280. The molecule has 0 aromatic rings. The number of rotatable bonds is 39. The molecule has 0 fully saturated rings. The lowest BCUT2D eigenvalue weighted by Gasteiger charge is -2.23. The van der Waals surface area contributed by atoms with Crippen LogP contribution in [0.1, 0.15) is 213 Å². The van der Waals surface area contributed by atoms with Gasteiger partial charge in [-0.2, -0.15) is 0 Å². The van der Waals surface area contributed by atoms with Crippen molar-refractivity contribution in [2.24, 2.45) is 0 Å². The third kappa shape index (κ3) is 35.1. The maximum Gasteiger partial charge on any atom is 0.331 e. The van der Waals surface area contributed by atoms with Gasteiger partial charge in [0.2, 0.25) is 5.91 Å². The monoisotopic (exact) mass is 722 g/mol. The highest BCUT2D eigenvalue weighted by atomic mass is 16.5. The number of nitrogens with one attached hydrogen (secondary N) is 1. The van der Waals surface area contributed by atoms with E-state index in [1.807, 2.05) is 6.08 Å². The first-order chi connectivity index (χ1) is 25.0. The fraction of sp³-hybridized carbons (Fsp3) is 0.864. The standard InChI is InChI=1S/C44H83NO6/c1-3-5-7-9-11-13-15-17-18-19-20-21-22-23-25-27-29-31-33-35-37-42(48)44(50)45-40(39-51-43(49)38-46)41(47)36-34-32-30-28-26-24-16-14-12-10-8-6-4-2/h17-18,34,36,40-42,46-48H,3-16,19-33,35,37-39H2,1-2H3,(H,45,50)/b18-17-,36-34+. The highest BCUT2D eigenvalue weighted by molar-refractivity contribution is 5.80. The summed E-state index contributed by atoms with van der Waals surface area (Å²) in [6.45, 7) is 3.46. The van der Waals surface area contributed by atoms with Crippen LogP contribution in [0.25, 0.3) is 0 Å². The zero-order valence-electron chi connectivity index (χ0n) is 33.4. The lowest BCUT2D eigenvalue weighted by molar-refractivity contribution is -0.149. The number of unbranched alkanes of at least 4 members (excludes halogenated alkanes) is 27. The number of aliphatic hydroxyl groups excluding tert-OH is 3. The van der Waals surface area contributed by atoms with Crippen molar-refractivity contribution in [1.82, 2.24) is 5.32 Å². The van der Waals surface area contributed by atoms with Gasteiger partial charge >= 0.3 is 5.97 Å². The van der Waals surface area contributed by atoms with E-state index in [0.717, 1.165) is 38.5 Å². The molecule has 0 aliphatic rings. The van der Waals surface area contributed by atoms with E-state index >= 15 is 0 Å². The molecule has 0 radical (unpaired) electrons. The van der Waals surface area contributed by atoms with E-state index < -0.39 is 36.7 Å². The van der Waals surface area contributed by atoms with Crippen molar-refractivity contribution in [1.29, 1.82) is 0 Å². The number of carbonyl (C=O) groups is 2. The van der Waals surface area contributed by atoms with Crippen LogP contribution < -0.4 is 5.32 Å². The fourth-order valence-corrected chi connectivity index (χ4v) is 6.45. The van der Waals surface area contributed by atoms with Gasteiger partial charge in [0, 0.05) is 0 Å². The molecule has 0 bridgehead atoms. The molecule has 3 unspecified atom stereocenters. The van der Waals surface area contributed by atoms with Gasteiger partial charge in [-0.25, -0.2) is 4.79 Å². The van der Waals surface area contributed by atoms with Crippen molar-refractivity contribution in [3.05, 3.63) is 24.3 Å². The summed E-state index contributed by atoms with van der Waals surface area (Å²) in [4.78, 5) is 24.2. The van der Waals surface area contributed by atoms with E-state index in [1.54, 1.807) is 6.08 Å². The van der Waals surface area contributed by atoms with E-state index in [4.69, 9.17) is 9.84 Å². The van der Waals surface area contributed by atoms with Crippen LogP contribution in [-0.2, 0) is 14.3 Å². The maximum absolute atomic E-state index is 12.7. The van der Waals surface area contributed by atoms with Crippen molar-refractivity contribution in [2.45, 2.75) is 231 Å². The number of hydrogen-bond donors (Lipinski definition) is 4. The van der Waals surface area contributed by atoms with Crippen LogP contribution in [0.15, 0.2) is 24.3 Å². The molecule has 1 amide bonds. The maximum atomic E-state index is 12.7. The summed E-state index contributed by atoms with van der Waals surface area (Å²) < 4.78 is 5.00. The minimum atomic E-state index is -1.18. The number of amides is 1. The van der Waals surface area contributed by atoms with E-state index in [2.05, 4.69) is 31.3 Å². The third-order valence-electron chi connectivity index (χ3n) is 9.89. The second-order valence-corrected chi connectivity index (χ2v) is 14.9. The number of hydrogen-bond acceptors (Lipinski definition) is 6. The van der Waals surface area contributed by atoms with E-state index in [0.29, 0.717) is 6.42 Å². The van der Waals surface area contributed by atoms with Crippen LogP contribution in [0.2, 0.25) is 0 Å². The molecule has 0 spiro atoms. The molecule has 7 heteroatoms. The Labute approximate surface area is 314 Å². The molecule has 3 atom stereocenters. The molecular weight excluding hydrogens is 638 g/mol. The van der Waals surface area contributed by atoms with Crippen molar-refractivity contribution in [3.63, 3.8) is 0 Å². The smallest absolute Gasteiger partial charge is 0.331 e. The van der Waals surface area contributed by atoms with Crippen molar-refractivity contribution < 1.29 is 29.6 Å². The Morgan fingerprint density at radius 2 is 0.922 bits per heavy atom. The zero-order chi connectivity index (χ0) is 37.5. The average molecular weight is 722 g/mol. The average Bonchev–Trinajstić information content (AvgIpc) is 3.13. The number of carbonyl (C=O) groups excluding carboxylic acids is 2. The Kier molecular flexibility index (Phi) is 38.2. The van der Waals surface area contributed by atoms with Gasteiger partial charge in [0.1, 0.15) is 19.3 Å². The number of esters is 1. The molecule has 0 aliphatic heterocycles. The molecule has 0 aromatic heterocycles. The predicted octanol–water partition coefficient (Wildman–Crippen LogP) is 11.0. The van der Waals surface area contributed by atoms with Crippen molar-refractivity contribution in [3.8, 4) is 0 Å². The largest absolute Gasteiger partial charge is 0.462 e. The van der Waals surface area contributed by atoms with Gasteiger partial charge in [-0.3, -0.25) is 4.79 Å². The number of ether oxygens (including phenoxy) is 1. The Morgan fingerprint density at radius 1 is 0.549 bits per heavy atom. The molecule has 51 heavy (non-hydrogen) atoms. The Hall–Kier alpha value is -1.70. The second kappa shape index (κ2) is 39.5. The lowest BCUT2D eigenvalue weighted by Crippen LogP contribution is -2.49. The Morgan fingerprint density at radius 3 is 1.33 bits per heavy atom. The van der Waals surface area contributed by atoms with Gasteiger partial charge in [-0.1, -0.05) is 192 Å². The van der Waals surface area contributed by atoms with Crippen LogP contribution in [0.5, 0.6) is 0 Å². The summed E-state index contributed by atoms with van der Waals surface area (Å²) >= 11 is 0. The highest BCUT2D eigenvalue weighted by Crippen LogP contribution is 2.15. The third-order valence-corrected chi connectivity index (χ3v) is 9.89. The summed E-state index contributed by atoms with van der Waals surface area (Å²) in [6, 6.07) is -0.900. The highest BCUT2D eigenvalue weighted by Gasteiger charge is 2.24. The number of allylic oxidation sites excluding steroid dienone is 3. The summed E-state index contributed by atoms with van der Waals surface area (Å²) in [5.74, 6) is -1.40. The van der Waals surface area contributed by atoms with Gasteiger partial charge < -0.3 is 25.4 Å². The Balaban J connectivity index is 4.02. The normalized spacial score (nSPS) is 13.6. The van der Waals surface area contributed by atoms with Gasteiger partial charge in [-0.15, -0.1) is 0 Å². The number of aliphatic hydroxyl groups is 3. The van der Waals surface area contributed by atoms with Crippen molar-refractivity contribution >= 4 is 11.9 Å². The molecule has 0 saturated carbocycles. The van der Waals surface area contributed by atoms with Crippen LogP contribution in [-0.4, -0.2) is 58.7 Å². The second-order valence-electron chi connectivity index (χ2n) is 14.9. The topological polar surface area (TPSA) is 116 Å². The van der Waals surface area contributed by atoms with Gasteiger partial charge in [-0.05, 0) is 44.9 Å². The van der Waals surface area contributed by atoms with Crippen molar-refractivity contribution in [2.75, 3.05) is 13.2 Å². The molecule has 0 aliphatic carbocycles. The van der Waals surface area contributed by atoms with Crippen LogP contribution in [0.3, 0.4) is 0 Å². The van der Waals surface area contributed by atoms with Gasteiger partial charge in [0.25, 0.3) is 0 Å². The lowest BCUT2D eigenvalue weighted by atomic mass is 10.0. The predicted molar refractivity (Wildman–Crippen MR) is 215 cm³/mol. The first kappa shape index (κ1) is 49.3. The minimum Gasteiger partial charge on any atom is -0.462 e. The molecule has 0 saturated heterocycles. The molecular formula is C44H83NO6. The van der Waals surface area contributed by atoms with E-state index in [1.165, 1.54) is 154 Å². The zero-order valence-corrected chi connectivity index (χ0v) is 33.4. The SMILES string of the molecule is CCCCCCCC/C=C\CCCCCCCCCCCCC(O)C(=O)NC(COC(=O)CO)C(O)/C=C/CCCCCCCCCCCCC. The summed E-state index contributed by atoms with van der Waals surface area (Å²) in [5.41, 5.74) is 0. The van der Waals surface area contributed by atoms with E-state index in [9.17, 15) is 19.8 Å². The Bertz CT molecular complexity index is 815. The molecule has 7 nitrogen and oxygen atoms in total. The van der Waals surface area contributed by atoms with Crippen LogP contribution in [0, 0.1) is 0 Å². The molecule has 4 N–H and O–H groups in total. The van der Waals surface area contributed by atoms with Gasteiger partial charge in [0.15, 0.2) is 0 Å². The summed E-state index contributed by atoms with van der Waals surface area (Å²) in [7, 11) is 0. The fourth-order valence-electron chi connectivity index (χ4n) is 6.45. The first-order valence-corrected chi connectivity index (χ1v) is 21.7. The van der Waals surface area contributed by atoms with Gasteiger partial charge in [0.05, 0.1) is 12.1 Å². The quantitative estimate of drug-likeness (QED) is 0.0285. The van der Waals surface area contributed by atoms with Crippen LogP contribution >= 0.6 is 0 Å². The molecule has 0 aromatic carbocycles. The summed E-state index contributed by atoms with van der Waals surface area (Å²) in [5, 5.41) is 32.8. The molecule has 0 rings (SSSR count). The van der Waals surface area contributed by atoms with E-state index in [-0.39, 0.29) is 6.61 Å². The van der Waals surface area contributed by atoms with Crippen LogP contribution in [0.4, 0.5) is 0 Å². The summed E-state index contributed by atoms with van der Waals surface area (Å²) in [6.07, 6.45) is 43.6. The molecule has 0 heterocycles.